The van der Waals surface area contributed by atoms with Crippen molar-refractivity contribution in [1.82, 2.24) is 4.31 Å². The molecule has 1 N–H and O–H groups in total. The first-order valence-corrected chi connectivity index (χ1v) is 12.2. The van der Waals surface area contributed by atoms with Crippen molar-refractivity contribution < 1.29 is 27.1 Å². The predicted molar refractivity (Wildman–Crippen MR) is 123 cm³/mol. The van der Waals surface area contributed by atoms with Crippen molar-refractivity contribution >= 4 is 44.8 Å². The molecule has 3 aromatic rings. The molecule has 2 heterocycles. The zero-order valence-corrected chi connectivity index (χ0v) is 19.6. The lowest BCUT2D eigenvalue weighted by Crippen LogP contribution is -2.40. The fraction of sp³-hybridized carbons (Fsp3) is 0.227. The number of hydrogen-bond acceptors (Lipinski definition) is 6. The number of hydrogen-bond donors (Lipinski definition) is 1. The molecule has 4 rings (SSSR count). The van der Waals surface area contributed by atoms with Gasteiger partial charge in [0, 0.05) is 23.8 Å². The Balaban J connectivity index is 1.36. The number of nitrogens with one attached hydrogen (secondary N) is 1. The van der Waals surface area contributed by atoms with Crippen molar-refractivity contribution in [3.8, 4) is 5.75 Å². The van der Waals surface area contributed by atoms with Gasteiger partial charge in [-0.3, -0.25) is 4.79 Å². The fourth-order valence-corrected chi connectivity index (χ4v) is 5.03. The van der Waals surface area contributed by atoms with E-state index in [9.17, 15) is 13.2 Å². The number of benzene rings is 2. The number of carbonyl (C=O) groups is 1. The second-order valence-electron chi connectivity index (χ2n) is 7.12. The van der Waals surface area contributed by atoms with Crippen LogP contribution in [0.2, 0.25) is 10.0 Å². The van der Waals surface area contributed by atoms with Crippen molar-refractivity contribution in [3.05, 3.63) is 76.2 Å². The highest BCUT2D eigenvalue weighted by atomic mass is 35.5. The van der Waals surface area contributed by atoms with Crippen LogP contribution in [-0.4, -0.2) is 44.9 Å². The molecular formula is C22H20Cl2N2O6S. The van der Waals surface area contributed by atoms with Crippen LogP contribution in [0.5, 0.6) is 5.75 Å². The smallest absolute Gasteiger partial charge is 0.291 e. The average molecular weight is 511 g/mol. The molecule has 0 unspecified atom stereocenters. The Morgan fingerprint density at radius 2 is 1.76 bits per heavy atom. The summed E-state index contributed by atoms with van der Waals surface area (Å²) in [5.74, 6) is 0.476. The third-order valence-electron chi connectivity index (χ3n) is 4.87. The Hall–Kier alpha value is -2.56. The van der Waals surface area contributed by atoms with E-state index in [-0.39, 0.29) is 17.3 Å². The minimum atomic E-state index is -3.60. The lowest BCUT2D eigenvalue weighted by molar-refractivity contribution is 0.0730. The van der Waals surface area contributed by atoms with Crippen LogP contribution in [0.3, 0.4) is 0 Å². The van der Waals surface area contributed by atoms with Crippen LogP contribution in [0.15, 0.2) is 63.9 Å². The van der Waals surface area contributed by atoms with Gasteiger partial charge in [-0.05, 0) is 54.6 Å². The lowest BCUT2D eigenvalue weighted by atomic mass is 10.3. The summed E-state index contributed by atoms with van der Waals surface area (Å²) in [6.45, 7) is 1.44. The number of morpholine rings is 1. The molecule has 33 heavy (non-hydrogen) atoms. The summed E-state index contributed by atoms with van der Waals surface area (Å²) < 4.78 is 43.1. The van der Waals surface area contributed by atoms with Crippen molar-refractivity contribution in [2.45, 2.75) is 11.5 Å². The molecule has 11 heteroatoms. The number of amides is 1. The minimum absolute atomic E-state index is 0.0722. The van der Waals surface area contributed by atoms with Gasteiger partial charge in [-0.15, -0.1) is 0 Å². The van der Waals surface area contributed by atoms with Crippen molar-refractivity contribution in [1.29, 1.82) is 0 Å². The number of ether oxygens (including phenoxy) is 2. The zero-order chi connectivity index (χ0) is 23.4. The van der Waals surface area contributed by atoms with Gasteiger partial charge < -0.3 is 19.2 Å². The quantitative estimate of drug-likeness (QED) is 0.504. The first kappa shape index (κ1) is 23.6. The second kappa shape index (κ2) is 10.1. The van der Waals surface area contributed by atoms with E-state index in [1.165, 1.54) is 34.6 Å². The Bertz CT molecular complexity index is 1240. The molecule has 8 nitrogen and oxygen atoms in total. The predicted octanol–water partition coefficient (Wildman–Crippen LogP) is 4.44. The molecule has 0 spiro atoms. The van der Waals surface area contributed by atoms with Crippen LogP contribution in [0, 0.1) is 0 Å². The maximum atomic E-state index is 12.7. The number of rotatable bonds is 7. The molecule has 1 saturated heterocycles. The topological polar surface area (TPSA) is 98.1 Å². The molecule has 1 aliphatic heterocycles. The maximum absolute atomic E-state index is 12.7. The second-order valence-corrected chi connectivity index (χ2v) is 9.91. The Kier molecular flexibility index (Phi) is 7.26. The Morgan fingerprint density at radius 3 is 2.45 bits per heavy atom. The molecule has 174 valence electrons. The first-order valence-electron chi connectivity index (χ1n) is 9.99. The Morgan fingerprint density at radius 1 is 1.03 bits per heavy atom. The van der Waals surface area contributed by atoms with Crippen LogP contribution >= 0.6 is 23.2 Å². The van der Waals surface area contributed by atoms with E-state index in [4.69, 9.17) is 37.1 Å². The molecule has 1 aliphatic rings. The van der Waals surface area contributed by atoms with Gasteiger partial charge in [0.05, 0.1) is 23.1 Å². The molecule has 1 aromatic heterocycles. The highest BCUT2D eigenvalue weighted by molar-refractivity contribution is 7.89. The van der Waals surface area contributed by atoms with Gasteiger partial charge in [-0.1, -0.05) is 23.2 Å². The summed E-state index contributed by atoms with van der Waals surface area (Å²) in [5, 5.41) is 3.54. The fourth-order valence-electron chi connectivity index (χ4n) is 3.16. The first-order chi connectivity index (χ1) is 15.8. The van der Waals surface area contributed by atoms with E-state index >= 15 is 0 Å². The normalized spacial score (nSPS) is 14.7. The summed E-state index contributed by atoms with van der Waals surface area (Å²) in [6.07, 6.45) is 0. The monoisotopic (exact) mass is 510 g/mol. The number of sulfonamides is 1. The molecule has 1 fully saturated rings. The molecular weight excluding hydrogens is 491 g/mol. The van der Waals surface area contributed by atoms with E-state index < -0.39 is 15.9 Å². The molecule has 1 amide bonds. The SMILES string of the molecule is O=C(Nc1ccc(S(=O)(=O)N2CCOCC2)cc1)c1ccc(COc2ccc(Cl)cc2Cl)o1. The minimum Gasteiger partial charge on any atom is -0.484 e. The number of nitrogens with zero attached hydrogens (tertiary/aromatic N) is 1. The van der Waals surface area contributed by atoms with Crippen molar-refractivity contribution in [2.24, 2.45) is 0 Å². The van der Waals surface area contributed by atoms with Gasteiger partial charge >= 0.3 is 0 Å². The molecule has 0 atom stereocenters. The highest BCUT2D eigenvalue weighted by Gasteiger charge is 2.26. The van der Waals surface area contributed by atoms with Gasteiger partial charge in [0.15, 0.2) is 5.76 Å². The summed E-state index contributed by atoms with van der Waals surface area (Å²) in [4.78, 5) is 12.7. The third kappa shape index (κ3) is 5.69. The van der Waals surface area contributed by atoms with Crippen molar-refractivity contribution in [2.75, 3.05) is 31.6 Å². The molecule has 0 radical (unpaired) electrons. The van der Waals surface area contributed by atoms with E-state index in [1.54, 1.807) is 24.3 Å². The van der Waals surface area contributed by atoms with Crippen molar-refractivity contribution in [3.63, 3.8) is 0 Å². The zero-order valence-electron chi connectivity index (χ0n) is 17.3. The molecule has 0 saturated carbocycles. The van der Waals surface area contributed by atoms with Gasteiger partial charge in [0.2, 0.25) is 10.0 Å². The molecule has 0 aliphatic carbocycles. The molecule has 2 aromatic carbocycles. The maximum Gasteiger partial charge on any atom is 0.291 e. The van der Waals surface area contributed by atoms with Gasteiger partial charge in [0.1, 0.15) is 18.1 Å². The van der Waals surface area contributed by atoms with E-state index in [0.29, 0.717) is 53.5 Å². The van der Waals surface area contributed by atoms with Crippen LogP contribution < -0.4 is 10.1 Å². The lowest BCUT2D eigenvalue weighted by Gasteiger charge is -2.26. The van der Waals surface area contributed by atoms with Gasteiger partial charge in [-0.25, -0.2) is 8.42 Å². The van der Waals surface area contributed by atoms with Crippen LogP contribution in [0.1, 0.15) is 16.3 Å². The summed E-state index contributed by atoms with van der Waals surface area (Å²) in [7, 11) is -3.60. The summed E-state index contributed by atoms with van der Waals surface area (Å²) in [5.41, 5.74) is 0.433. The number of furan rings is 1. The molecule has 0 bridgehead atoms. The van der Waals surface area contributed by atoms with E-state index in [1.807, 2.05) is 0 Å². The van der Waals surface area contributed by atoms with Crippen LogP contribution in [0.25, 0.3) is 0 Å². The third-order valence-corrected chi connectivity index (χ3v) is 7.31. The Labute approximate surface area is 201 Å². The summed E-state index contributed by atoms with van der Waals surface area (Å²) >= 11 is 11.9. The van der Waals surface area contributed by atoms with E-state index in [2.05, 4.69) is 5.32 Å². The van der Waals surface area contributed by atoms with E-state index in [0.717, 1.165) is 0 Å². The standard InChI is InChI=1S/C22H20Cl2N2O6S/c23-15-1-7-20(19(24)13-15)31-14-17-4-8-21(32-17)22(27)25-16-2-5-18(6-3-16)33(28,29)26-9-11-30-12-10-26/h1-8,13H,9-12,14H2,(H,25,27). The average Bonchev–Trinajstić information content (AvgIpc) is 3.29. The number of halogens is 2. The summed E-state index contributed by atoms with van der Waals surface area (Å²) in [6, 6.07) is 14.0. The number of carbonyl (C=O) groups excluding carboxylic acids is 1. The van der Waals surface area contributed by atoms with Crippen LogP contribution in [-0.2, 0) is 21.4 Å². The van der Waals surface area contributed by atoms with Gasteiger partial charge in [0.25, 0.3) is 5.91 Å². The number of anilines is 1. The van der Waals surface area contributed by atoms with Gasteiger partial charge in [-0.2, -0.15) is 4.31 Å². The van der Waals surface area contributed by atoms with Crippen LogP contribution in [0.4, 0.5) is 5.69 Å². The highest BCUT2D eigenvalue weighted by Crippen LogP contribution is 2.28. The largest absolute Gasteiger partial charge is 0.484 e.